The van der Waals surface area contributed by atoms with E-state index in [0.717, 1.165) is 11.3 Å². The number of pyridine rings is 1. The molecule has 1 heterocycles. The van der Waals surface area contributed by atoms with Crippen LogP contribution in [-0.4, -0.2) is 17.6 Å². The maximum absolute atomic E-state index is 13.6. The summed E-state index contributed by atoms with van der Waals surface area (Å²) in [7, 11) is 0. The molecule has 3 rings (SSSR count). The lowest BCUT2D eigenvalue weighted by Crippen LogP contribution is -2.39. The van der Waals surface area contributed by atoms with Crippen LogP contribution >= 0.6 is 0 Å². The van der Waals surface area contributed by atoms with E-state index in [1.807, 2.05) is 48.5 Å². The Bertz CT molecular complexity index is 801. The smallest absolute Gasteiger partial charge is 0.315 e. The van der Waals surface area contributed by atoms with E-state index in [1.165, 1.54) is 6.07 Å². The number of nitrogens with zero attached hydrogens (tertiary/aromatic N) is 1. The highest BCUT2D eigenvalue weighted by molar-refractivity contribution is 5.75. The molecule has 0 aliphatic rings. The number of halogens is 1. The number of nitrogens with one attached hydrogen (secondary N) is 2. The van der Waals surface area contributed by atoms with Crippen molar-refractivity contribution in [3.63, 3.8) is 0 Å². The van der Waals surface area contributed by atoms with Gasteiger partial charge in [-0.2, -0.15) is 0 Å². The Kier molecular flexibility index (Phi) is 5.93. The quantitative estimate of drug-likeness (QED) is 0.710. The van der Waals surface area contributed by atoms with Crippen LogP contribution in [-0.2, 0) is 6.42 Å². The van der Waals surface area contributed by atoms with Gasteiger partial charge in [0.05, 0.1) is 11.7 Å². The topological polar surface area (TPSA) is 54.0 Å². The Morgan fingerprint density at radius 2 is 1.69 bits per heavy atom. The van der Waals surface area contributed by atoms with E-state index in [9.17, 15) is 9.18 Å². The molecule has 2 aromatic carbocycles. The summed E-state index contributed by atoms with van der Waals surface area (Å²) in [5, 5.41) is 5.73. The van der Waals surface area contributed by atoms with E-state index >= 15 is 0 Å². The molecule has 3 aromatic rings. The van der Waals surface area contributed by atoms with Crippen LogP contribution in [0.1, 0.15) is 22.9 Å². The van der Waals surface area contributed by atoms with Crippen molar-refractivity contribution in [1.82, 2.24) is 15.6 Å². The van der Waals surface area contributed by atoms with Crippen molar-refractivity contribution < 1.29 is 9.18 Å². The molecule has 0 saturated carbocycles. The van der Waals surface area contributed by atoms with Crippen LogP contribution in [0.3, 0.4) is 0 Å². The molecule has 0 fully saturated rings. The Morgan fingerprint density at radius 1 is 0.962 bits per heavy atom. The van der Waals surface area contributed by atoms with Gasteiger partial charge in [0.25, 0.3) is 0 Å². The second-order valence-corrected chi connectivity index (χ2v) is 5.84. The number of urea groups is 1. The van der Waals surface area contributed by atoms with Gasteiger partial charge < -0.3 is 10.6 Å². The second-order valence-electron chi connectivity index (χ2n) is 5.84. The second kappa shape index (κ2) is 8.76. The van der Waals surface area contributed by atoms with Crippen LogP contribution in [0.15, 0.2) is 79.0 Å². The molecule has 0 saturated heterocycles. The van der Waals surface area contributed by atoms with Gasteiger partial charge in [-0.1, -0.05) is 54.6 Å². The zero-order valence-electron chi connectivity index (χ0n) is 14.2. The third kappa shape index (κ3) is 4.66. The van der Waals surface area contributed by atoms with E-state index in [1.54, 1.807) is 24.4 Å². The van der Waals surface area contributed by atoms with Crippen LogP contribution < -0.4 is 10.6 Å². The van der Waals surface area contributed by atoms with Crippen molar-refractivity contribution in [1.29, 1.82) is 0 Å². The average Bonchev–Trinajstić information content (AvgIpc) is 2.69. The van der Waals surface area contributed by atoms with E-state index in [-0.39, 0.29) is 17.9 Å². The molecule has 132 valence electrons. The Balaban J connectivity index is 1.63. The summed E-state index contributed by atoms with van der Waals surface area (Å²) in [6, 6.07) is 21.1. The lowest BCUT2D eigenvalue weighted by Gasteiger charge is -2.19. The molecule has 2 N–H and O–H groups in total. The molecule has 0 spiro atoms. The van der Waals surface area contributed by atoms with Crippen LogP contribution in [0.5, 0.6) is 0 Å². The summed E-state index contributed by atoms with van der Waals surface area (Å²) in [6.45, 7) is 0.344. The Labute approximate surface area is 152 Å². The summed E-state index contributed by atoms with van der Waals surface area (Å²) in [6.07, 6.45) is 2.13. The lowest BCUT2D eigenvalue weighted by molar-refractivity contribution is 0.238. The van der Waals surface area contributed by atoms with Crippen molar-refractivity contribution in [2.24, 2.45) is 0 Å². The van der Waals surface area contributed by atoms with Crippen LogP contribution in [0.25, 0.3) is 0 Å². The molecule has 0 aliphatic carbocycles. The SMILES string of the molecule is O=C(NCCc1ccccc1F)NC(c1ccccc1)c1ccccn1. The Hall–Kier alpha value is -3.21. The maximum atomic E-state index is 13.6. The minimum atomic E-state index is -0.356. The van der Waals surface area contributed by atoms with Crippen LogP contribution in [0.4, 0.5) is 9.18 Å². The largest absolute Gasteiger partial charge is 0.338 e. The first-order valence-corrected chi connectivity index (χ1v) is 8.47. The van der Waals surface area contributed by atoms with Crippen molar-refractivity contribution >= 4 is 6.03 Å². The molecule has 5 heteroatoms. The highest BCUT2D eigenvalue weighted by Crippen LogP contribution is 2.19. The van der Waals surface area contributed by atoms with Gasteiger partial charge in [0.15, 0.2) is 0 Å². The summed E-state index contributed by atoms with van der Waals surface area (Å²) in [5.41, 5.74) is 2.27. The van der Waals surface area contributed by atoms with Crippen molar-refractivity contribution in [2.75, 3.05) is 6.54 Å². The molecule has 0 radical (unpaired) electrons. The highest BCUT2D eigenvalue weighted by Gasteiger charge is 2.17. The number of benzene rings is 2. The third-order valence-electron chi connectivity index (χ3n) is 4.03. The van der Waals surface area contributed by atoms with Gasteiger partial charge in [-0.25, -0.2) is 9.18 Å². The molecule has 26 heavy (non-hydrogen) atoms. The molecule has 1 aromatic heterocycles. The first kappa shape index (κ1) is 17.6. The number of carbonyl (C=O) groups excluding carboxylic acids is 1. The zero-order valence-corrected chi connectivity index (χ0v) is 14.2. The Morgan fingerprint density at radius 3 is 2.42 bits per heavy atom. The minimum absolute atomic E-state index is 0.259. The third-order valence-corrected chi connectivity index (χ3v) is 4.03. The maximum Gasteiger partial charge on any atom is 0.315 e. The monoisotopic (exact) mass is 349 g/mol. The molecule has 2 amide bonds. The van der Waals surface area contributed by atoms with E-state index in [0.29, 0.717) is 18.5 Å². The molecule has 1 atom stereocenters. The van der Waals surface area contributed by atoms with E-state index < -0.39 is 0 Å². The van der Waals surface area contributed by atoms with Gasteiger partial charge in [0, 0.05) is 12.7 Å². The van der Waals surface area contributed by atoms with E-state index in [4.69, 9.17) is 0 Å². The van der Waals surface area contributed by atoms with Crippen molar-refractivity contribution in [2.45, 2.75) is 12.5 Å². The fourth-order valence-corrected chi connectivity index (χ4v) is 2.71. The average molecular weight is 349 g/mol. The van der Waals surface area contributed by atoms with Gasteiger partial charge in [-0.3, -0.25) is 4.98 Å². The van der Waals surface area contributed by atoms with Gasteiger partial charge in [-0.05, 0) is 35.7 Å². The fraction of sp³-hybridized carbons (Fsp3) is 0.143. The first-order chi connectivity index (χ1) is 12.7. The van der Waals surface area contributed by atoms with Gasteiger partial charge in [0.2, 0.25) is 0 Å². The molecular weight excluding hydrogens is 329 g/mol. The number of carbonyl (C=O) groups is 1. The molecule has 4 nitrogen and oxygen atoms in total. The predicted molar refractivity (Wildman–Crippen MR) is 99.2 cm³/mol. The molecular formula is C21H20FN3O. The molecule has 0 aliphatic heterocycles. The summed E-state index contributed by atoms with van der Waals surface area (Å²) in [4.78, 5) is 16.7. The highest BCUT2D eigenvalue weighted by atomic mass is 19.1. The van der Waals surface area contributed by atoms with Crippen molar-refractivity contribution in [3.05, 3.63) is 102 Å². The molecule has 1 unspecified atom stereocenters. The number of hydrogen-bond acceptors (Lipinski definition) is 2. The minimum Gasteiger partial charge on any atom is -0.338 e. The summed E-state index contributed by atoms with van der Waals surface area (Å²) in [5.74, 6) is -0.259. The zero-order chi connectivity index (χ0) is 18.2. The van der Waals surface area contributed by atoms with Gasteiger partial charge in [-0.15, -0.1) is 0 Å². The van der Waals surface area contributed by atoms with Gasteiger partial charge >= 0.3 is 6.03 Å². The van der Waals surface area contributed by atoms with E-state index in [2.05, 4.69) is 15.6 Å². The summed E-state index contributed by atoms with van der Waals surface area (Å²) < 4.78 is 13.6. The molecule has 0 bridgehead atoms. The van der Waals surface area contributed by atoms with Crippen LogP contribution in [0, 0.1) is 5.82 Å². The first-order valence-electron chi connectivity index (χ1n) is 8.47. The lowest BCUT2D eigenvalue weighted by atomic mass is 10.0. The number of aromatic nitrogens is 1. The number of rotatable bonds is 6. The van der Waals surface area contributed by atoms with Crippen molar-refractivity contribution in [3.8, 4) is 0 Å². The number of amides is 2. The number of hydrogen-bond donors (Lipinski definition) is 2. The van der Waals surface area contributed by atoms with Crippen LogP contribution in [0.2, 0.25) is 0 Å². The standard InChI is InChI=1S/C21H20FN3O/c22-18-11-5-4-8-16(18)13-15-24-21(26)25-20(17-9-2-1-3-10-17)19-12-6-7-14-23-19/h1-12,14,20H,13,15H2,(H2,24,25,26). The summed E-state index contributed by atoms with van der Waals surface area (Å²) >= 11 is 0. The predicted octanol–water partition coefficient (Wildman–Crippen LogP) is 3.85. The normalized spacial score (nSPS) is 11.6. The van der Waals surface area contributed by atoms with Gasteiger partial charge in [0.1, 0.15) is 5.82 Å². The fourth-order valence-electron chi connectivity index (χ4n) is 2.71.